The number of nitrogens with one attached hydrogen (secondary N) is 1. The van der Waals surface area contributed by atoms with Crippen LogP contribution in [0.3, 0.4) is 0 Å². The second-order valence-electron chi connectivity index (χ2n) is 4.03. The zero-order valence-corrected chi connectivity index (χ0v) is 10.4. The molecule has 19 heavy (non-hydrogen) atoms. The Morgan fingerprint density at radius 1 is 1.16 bits per heavy atom. The van der Waals surface area contributed by atoms with Crippen molar-refractivity contribution in [2.75, 3.05) is 0 Å². The van der Waals surface area contributed by atoms with Gasteiger partial charge in [0.05, 0.1) is 10.5 Å². The lowest BCUT2D eigenvalue weighted by Gasteiger charge is -2.02. The van der Waals surface area contributed by atoms with Gasteiger partial charge in [-0.05, 0) is 30.3 Å². The van der Waals surface area contributed by atoms with Crippen LogP contribution < -0.4 is 5.76 Å². The molecule has 0 fully saturated rings. The average Bonchev–Trinajstić information content (AvgIpc) is 2.77. The molecule has 0 atom stereocenters. The number of halogens is 1. The van der Waals surface area contributed by atoms with E-state index in [9.17, 15) is 9.59 Å². The van der Waals surface area contributed by atoms with Gasteiger partial charge in [0.15, 0.2) is 11.4 Å². The summed E-state index contributed by atoms with van der Waals surface area (Å²) >= 11 is 5.99. The first-order valence-electron chi connectivity index (χ1n) is 5.57. The summed E-state index contributed by atoms with van der Waals surface area (Å²) in [5.74, 6) is -0.756. The van der Waals surface area contributed by atoms with Crippen molar-refractivity contribution in [3.8, 4) is 0 Å². The second kappa shape index (κ2) is 4.40. The van der Waals surface area contributed by atoms with Crippen LogP contribution in [0.1, 0.15) is 15.9 Å². The van der Waals surface area contributed by atoms with E-state index in [1.165, 1.54) is 6.07 Å². The largest absolute Gasteiger partial charge is 0.417 e. The molecule has 0 aliphatic rings. The number of rotatable bonds is 2. The smallest absolute Gasteiger partial charge is 0.408 e. The second-order valence-corrected chi connectivity index (χ2v) is 4.44. The van der Waals surface area contributed by atoms with Crippen molar-refractivity contribution < 1.29 is 9.21 Å². The topological polar surface area (TPSA) is 63.1 Å². The van der Waals surface area contributed by atoms with Gasteiger partial charge in [0.25, 0.3) is 0 Å². The monoisotopic (exact) mass is 273 g/mol. The van der Waals surface area contributed by atoms with E-state index >= 15 is 0 Å². The molecule has 94 valence electrons. The number of hydrogen-bond donors (Lipinski definition) is 1. The van der Waals surface area contributed by atoms with Gasteiger partial charge in [-0.25, -0.2) is 4.79 Å². The summed E-state index contributed by atoms with van der Waals surface area (Å²) in [4.78, 5) is 25.9. The molecule has 0 saturated heterocycles. The van der Waals surface area contributed by atoms with Crippen LogP contribution in [0.5, 0.6) is 0 Å². The van der Waals surface area contributed by atoms with Crippen molar-refractivity contribution in [1.82, 2.24) is 4.98 Å². The summed E-state index contributed by atoms with van der Waals surface area (Å²) in [6.07, 6.45) is 0. The maximum atomic E-state index is 12.3. The molecule has 1 N–H and O–H groups in total. The number of carbonyl (C=O) groups excluding carboxylic acids is 1. The zero-order valence-electron chi connectivity index (χ0n) is 9.64. The van der Waals surface area contributed by atoms with Crippen LogP contribution in [0.4, 0.5) is 0 Å². The normalized spacial score (nSPS) is 10.8. The van der Waals surface area contributed by atoms with E-state index in [1.54, 1.807) is 36.4 Å². The fourth-order valence-corrected chi connectivity index (χ4v) is 2.11. The van der Waals surface area contributed by atoms with Gasteiger partial charge < -0.3 is 4.42 Å². The van der Waals surface area contributed by atoms with E-state index in [1.807, 2.05) is 0 Å². The van der Waals surface area contributed by atoms with Crippen LogP contribution in [-0.2, 0) is 0 Å². The fraction of sp³-hybridized carbons (Fsp3) is 0. The quantitative estimate of drug-likeness (QED) is 0.730. The highest BCUT2D eigenvalue weighted by atomic mass is 35.5. The van der Waals surface area contributed by atoms with Crippen molar-refractivity contribution in [2.24, 2.45) is 0 Å². The molecule has 3 rings (SSSR count). The molecule has 0 radical (unpaired) electrons. The number of oxazole rings is 1. The zero-order chi connectivity index (χ0) is 13.4. The van der Waals surface area contributed by atoms with E-state index in [-0.39, 0.29) is 5.78 Å². The first kappa shape index (κ1) is 11.7. The van der Waals surface area contributed by atoms with Gasteiger partial charge in [-0.3, -0.25) is 9.78 Å². The first-order valence-corrected chi connectivity index (χ1v) is 5.95. The molecule has 0 saturated carbocycles. The molecular weight excluding hydrogens is 266 g/mol. The Labute approximate surface area is 112 Å². The molecule has 0 aliphatic carbocycles. The number of fused-ring (bicyclic) bond motifs is 1. The number of aromatic nitrogens is 1. The number of aromatic amines is 1. The molecule has 1 aromatic heterocycles. The number of hydrogen-bond acceptors (Lipinski definition) is 3. The summed E-state index contributed by atoms with van der Waals surface area (Å²) in [7, 11) is 0. The van der Waals surface area contributed by atoms with Crippen molar-refractivity contribution >= 4 is 28.5 Å². The Balaban J connectivity index is 2.11. The van der Waals surface area contributed by atoms with Crippen molar-refractivity contribution in [3.05, 3.63) is 69.2 Å². The van der Waals surface area contributed by atoms with Crippen molar-refractivity contribution in [1.29, 1.82) is 0 Å². The molecule has 3 aromatic rings. The van der Waals surface area contributed by atoms with Crippen LogP contribution in [-0.4, -0.2) is 10.8 Å². The van der Waals surface area contributed by atoms with E-state index in [0.29, 0.717) is 27.2 Å². The minimum absolute atomic E-state index is 0.212. The van der Waals surface area contributed by atoms with E-state index in [2.05, 4.69) is 4.98 Å². The molecule has 0 spiro atoms. The van der Waals surface area contributed by atoms with E-state index < -0.39 is 5.76 Å². The fourth-order valence-electron chi connectivity index (χ4n) is 1.89. The standard InChI is InChI=1S/C14H8ClNO3/c15-10-4-2-1-3-9(10)13(17)8-5-6-11-12(7-8)19-14(18)16-11/h1-7H,(H,16,18). The highest BCUT2D eigenvalue weighted by molar-refractivity contribution is 6.35. The highest BCUT2D eigenvalue weighted by Crippen LogP contribution is 2.21. The average molecular weight is 274 g/mol. The van der Waals surface area contributed by atoms with Gasteiger partial charge in [0.2, 0.25) is 0 Å². The number of H-pyrrole nitrogens is 1. The van der Waals surface area contributed by atoms with Gasteiger partial charge in [-0.2, -0.15) is 0 Å². The predicted molar refractivity (Wildman–Crippen MR) is 71.7 cm³/mol. The van der Waals surface area contributed by atoms with E-state index in [4.69, 9.17) is 16.0 Å². The summed E-state index contributed by atoms with van der Waals surface area (Å²) < 4.78 is 4.93. The lowest BCUT2D eigenvalue weighted by molar-refractivity contribution is 0.103. The summed E-state index contributed by atoms with van der Waals surface area (Å²) in [5, 5.41) is 0.392. The predicted octanol–water partition coefficient (Wildman–Crippen LogP) is 3.01. The van der Waals surface area contributed by atoms with Crippen LogP contribution in [0.25, 0.3) is 11.1 Å². The van der Waals surface area contributed by atoms with Gasteiger partial charge in [-0.1, -0.05) is 23.7 Å². The number of ketones is 1. The SMILES string of the molecule is O=C(c1ccc2[nH]c(=O)oc2c1)c1ccccc1Cl. The molecule has 1 heterocycles. The van der Waals surface area contributed by atoms with Gasteiger partial charge >= 0.3 is 5.76 Å². The minimum Gasteiger partial charge on any atom is -0.408 e. The Morgan fingerprint density at radius 3 is 2.74 bits per heavy atom. The summed E-state index contributed by atoms with van der Waals surface area (Å²) in [6, 6.07) is 11.6. The van der Waals surface area contributed by atoms with E-state index in [0.717, 1.165) is 0 Å². The molecule has 0 amide bonds. The van der Waals surface area contributed by atoms with Crippen LogP contribution in [0, 0.1) is 0 Å². The Kier molecular flexibility index (Phi) is 2.72. The Bertz CT molecular complexity index is 832. The lowest BCUT2D eigenvalue weighted by Crippen LogP contribution is -2.01. The minimum atomic E-state index is -0.544. The van der Waals surface area contributed by atoms with Crippen molar-refractivity contribution in [3.63, 3.8) is 0 Å². The highest BCUT2D eigenvalue weighted by Gasteiger charge is 2.13. The summed E-state index contributed by atoms with van der Waals surface area (Å²) in [6.45, 7) is 0. The molecule has 0 aliphatic heterocycles. The third kappa shape index (κ3) is 2.06. The van der Waals surface area contributed by atoms with Gasteiger partial charge in [-0.15, -0.1) is 0 Å². The molecule has 0 unspecified atom stereocenters. The van der Waals surface area contributed by atoms with Crippen LogP contribution in [0.2, 0.25) is 5.02 Å². The maximum absolute atomic E-state index is 12.3. The molecular formula is C14H8ClNO3. The number of carbonyl (C=O) groups is 1. The van der Waals surface area contributed by atoms with Crippen LogP contribution in [0.15, 0.2) is 51.7 Å². The first-order chi connectivity index (χ1) is 9.15. The molecule has 2 aromatic carbocycles. The lowest BCUT2D eigenvalue weighted by atomic mass is 10.0. The van der Waals surface area contributed by atoms with Crippen LogP contribution >= 0.6 is 11.6 Å². The third-order valence-electron chi connectivity index (χ3n) is 2.80. The summed E-state index contributed by atoms with van der Waals surface area (Å²) in [5.41, 5.74) is 1.74. The van der Waals surface area contributed by atoms with Gasteiger partial charge in [0, 0.05) is 11.1 Å². The van der Waals surface area contributed by atoms with Crippen molar-refractivity contribution in [2.45, 2.75) is 0 Å². The Hall–Kier alpha value is -2.33. The number of benzene rings is 2. The third-order valence-corrected chi connectivity index (χ3v) is 3.13. The molecule has 5 heteroatoms. The Morgan fingerprint density at radius 2 is 1.95 bits per heavy atom. The maximum Gasteiger partial charge on any atom is 0.417 e. The molecule has 0 bridgehead atoms. The molecule has 4 nitrogen and oxygen atoms in total. The van der Waals surface area contributed by atoms with Gasteiger partial charge in [0.1, 0.15) is 0 Å².